The Bertz CT molecular complexity index is 4190. The Morgan fingerprint density at radius 2 is 0.822 bits per heavy atom. The van der Waals surface area contributed by atoms with Gasteiger partial charge in [-0.05, 0) is 246 Å². The van der Waals surface area contributed by atoms with E-state index in [1.807, 2.05) is 132 Å². The number of rotatable bonds is 3. The van der Waals surface area contributed by atoms with Gasteiger partial charge in [0, 0.05) is 15.1 Å². The van der Waals surface area contributed by atoms with Crippen molar-refractivity contribution in [2.45, 2.75) is 94.9 Å². The summed E-state index contributed by atoms with van der Waals surface area (Å²) >= 11 is 28.6. The molecule has 0 N–H and O–H groups in total. The van der Waals surface area contributed by atoms with E-state index in [9.17, 15) is 48.3 Å². The van der Waals surface area contributed by atoms with Crippen LogP contribution in [0.25, 0.3) is 10.8 Å². The molecule has 0 atom stereocenters. The SMILES string of the molecule is COc1ccc(Cl)c(C)c1.COc1ccc(Cl)cc1C.Cc1cc(C(F)(F)F)cc(C(F)(F)F)c1.Cc1ccc(Cl)c(C)c1.Cc1ccc(Cl)c(Cl)c1.Cc1ccc(F)c(F)c1.Cc1cccc(C#N)c1.Cc1cccc(OC(F)(F)F)c1.Cc1cccc2ccccc12.Cc1ccccc1. The van der Waals surface area contributed by atoms with Gasteiger partial charge in [-0.2, -0.15) is 31.6 Å². The molecule has 20 heteroatoms. The van der Waals surface area contributed by atoms with Crippen molar-refractivity contribution >= 4 is 68.8 Å². The van der Waals surface area contributed by atoms with Crippen molar-refractivity contribution in [1.82, 2.24) is 0 Å². The highest BCUT2D eigenvalue weighted by molar-refractivity contribution is 6.42. The van der Waals surface area contributed by atoms with Crippen molar-refractivity contribution in [3.05, 3.63) is 345 Å². The van der Waals surface area contributed by atoms with Crippen LogP contribution < -0.4 is 14.2 Å². The summed E-state index contributed by atoms with van der Waals surface area (Å²) in [6, 6.07) is 68.4. The van der Waals surface area contributed by atoms with Gasteiger partial charge in [-0.15, -0.1) is 13.2 Å². The number of benzene rings is 11. The van der Waals surface area contributed by atoms with E-state index in [1.54, 1.807) is 46.3 Å². The maximum absolute atomic E-state index is 12.2. The van der Waals surface area contributed by atoms with Gasteiger partial charge in [0.15, 0.2) is 11.6 Å². The van der Waals surface area contributed by atoms with E-state index >= 15 is 0 Å². The summed E-state index contributed by atoms with van der Waals surface area (Å²) < 4.78 is 146. The lowest BCUT2D eigenvalue weighted by Gasteiger charge is -2.12. The van der Waals surface area contributed by atoms with E-state index < -0.39 is 41.5 Å². The van der Waals surface area contributed by atoms with Gasteiger partial charge >= 0.3 is 18.7 Å². The van der Waals surface area contributed by atoms with E-state index in [4.69, 9.17) is 72.7 Å². The van der Waals surface area contributed by atoms with Gasteiger partial charge < -0.3 is 14.2 Å². The summed E-state index contributed by atoms with van der Waals surface area (Å²) in [6.07, 6.45) is -14.1. The summed E-state index contributed by atoms with van der Waals surface area (Å²) in [6.45, 7) is 20.7. The number of aryl methyl sites for hydroxylation is 11. The van der Waals surface area contributed by atoms with Gasteiger partial charge in [0.25, 0.3) is 0 Å². The molecule has 0 fully saturated rings. The van der Waals surface area contributed by atoms with Gasteiger partial charge in [0.05, 0.1) is 47.0 Å². The summed E-state index contributed by atoms with van der Waals surface area (Å²) in [7, 11) is 3.29. The molecule has 0 aliphatic heterocycles. The zero-order valence-corrected chi connectivity index (χ0v) is 61.4. The predicted octanol–water partition coefficient (Wildman–Crippen LogP) is 27.8. The fraction of sp³-hybridized carbons (Fsp3) is 0.198. The maximum Gasteiger partial charge on any atom is 0.573 e. The second-order valence-corrected chi connectivity index (χ2v) is 24.3. The molecule has 4 nitrogen and oxygen atoms in total. The van der Waals surface area contributed by atoms with E-state index in [0.29, 0.717) is 22.2 Å². The molecule has 0 aliphatic carbocycles. The summed E-state index contributed by atoms with van der Waals surface area (Å²) in [5, 5.41) is 14.7. The number of alkyl halides is 9. The molecule has 536 valence electrons. The molecule has 11 aromatic rings. The van der Waals surface area contributed by atoms with Crippen LogP contribution in [0.15, 0.2) is 231 Å². The van der Waals surface area contributed by atoms with Crippen LogP contribution >= 0.6 is 58.0 Å². The minimum Gasteiger partial charge on any atom is -0.497 e. The minimum atomic E-state index is -4.76. The summed E-state index contributed by atoms with van der Waals surface area (Å²) in [4.78, 5) is 0. The van der Waals surface area contributed by atoms with E-state index in [1.165, 1.54) is 58.7 Å². The van der Waals surface area contributed by atoms with Crippen LogP contribution in [0.4, 0.5) is 48.3 Å². The second kappa shape index (κ2) is 44.5. The molecule has 101 heavy (non-hydrogen) atoms. The van der Waals surface area contributed by atoms with Crippen molar-refractivity contribution in [3.63, 3.8) is 0 Å². The molecule has 0 spiro atoms. The third-order valence-corrected chi connectivity index (χ3v) is 15.1. The van der Waals surface area contributed by atoms with Crippen LogP contribution in [0.1, 0.15) is 77.9 Å². The van der Waals surface area contributed by atoms with Crippen LogP contribution in [-0.2, 0) is 12.4 Å². The molecule has 0 heterocycles. The molecule has 0 bridgehead atoms. The van der Waals surface area contributed by atoms with Crippen LogP contribution in [0, 0.1) is 99.1 Å². The zero-order valence-electron chi connectivity index (χ0n) is 57.7. The average Bonchev–Trinajstić information content (AvgIpc) is 0.813. The van der Waals surface area contributed by atoms with E-state index in [2.05, 4.69) is 92.2 Å². The van der Waals surface area contributed by atoms with Crippen molar-refractivity contribution in [1.29, 1.82) is 5.26 Å². The highest BCUT2D eigenvalue weighted by Gasteiger charge is 2.36. The largest absolute Gasteiger partial charge is 0.573 e. The molecule has 0 amide bonds. The lowest BCUT2D eigenvalue weighted by atomic mass is 10.1. The molecular formula is C81H77Cl5F11NO3. The molecule has 0 saturated carbocycles. The first kappa shape index (κ1) is 88.3. The Morgan fingerprint density at radius 3 is 1.26 bits per heavy atom. The first-order valence-electron chi connectivity index (χ1n) is 30.4. The lowest BCUT2D eigenvalue weighted by molar-refractivity contribution is -0.274. The summed E-state index contributed by atoms with van der Waals surface area (Å²) in [5.74, 6) is -0.0237. The quantitative estimate of drug-likeness (QED) is 0.165. The number of hydrogen-bond acceptors (Lipinski definition) is 4. The van der Waals surface area contributed by atoms with Crippen LogP contribution in [0.2, 0.25) is 25.1 Å². The van der Waals surface area contributed by atoms with Gasteiger partial charge in [-0.3, -0.25) is 0 Å². The molecular weight excluding hydrogens is 1420 g/mol. The average molecular weight is 1500 g/mol. The standard InChI is InChI=1S/C11H10.C9H6F6.2C8H9ClO.C8H9Cl.C8H7F3O.C8H7N.C7H6Cl2.C7H6F2.C7H8/c1-9-5-4-7-10-6-2-3-8-11(9)10;1-5-2-6(8(10,11)12)4-7(3-5)9(13,14)15;1-6-5-7(10-2)3-4-8(6)9;1-6-5-7(9)3-4-8(6)10-2;1-6-3-4-8(9)7(2)5-6;1-6-3-2-4-7(5-6)12-8(9,10)11;1-7-3-2-4-8(5-7)6-9;2*1-5-2-3-6(8)7(9)4-5;1-7-5-3-2-4-6-7/h2-8H,1H3;2-4H,1H3;2*3-5H,1-2H3;3-5H,1-2H3;2-5H,1H3;2-5H,1H3;2*2-4H,1H3;2-6H,1H3. The number of fused-ring (bicyclic) bond motifs is 1. The normalized spacial score (nSPS) is 10.2. The third-order valence-electron chi connectivity index (χ3n) is 13.2. The maximum atomic E-state index is 12.2. The molecule has 0 saturated heterocycles. The van der Waals surface area contributed by atoms with Gasteiger partial charge in [-0.1, -0.05) is 190 Å². The number of nitriles is 1. The Kier molecular flexibility index (Phi) is 38.9. The minimum absolute atomic E-state index is 0.0721. The monoisotopic (exact) mass is 1500 g/mol. The van der Waals surface area contributed by atoms with Gasteiger partial charge in [-0.25, -0.2) is 8.78 Å². The topological polar surface area (TPSA) is 51.5 Å². The van der Waals surface area contributed by atoms with E-state index in [-0.39, 0.29) is 17.4 Å². The van der Waals surface area contributed by atoms with E-state index in [0.717, 1.165) is 83.2 Å². The van der Waals surface area contributed by atoms with Gasteiger partial charge in [0.2, 0.25) is 0 Å². The Morgan fingerprint density at radius 1 is 0.337 bits per heavy atom. The first-order valence-corrected chi connectivity index (χ1v) is 32.3. The van der Waals surface area contributed by atoms with Crippen LogP contribution in [0.3, 0.4) is 0 Å². The molecule has 0 aromatic heterocycles. The smallest absolute Gasteiger partial charge is 0.497 e. The fourth-order valence-corrected chi connectivity index (χ4v) is 8.96. The van der Waals surface area contributed by atoms with Crippen molar-refractivity contribution in [2.24, 2.45) is 0 Å². The highest BCUT2D eigenvalue weighted by atomic mass is 35.5. The second-order valence-electron chi connectivity index (χ2n) is 22.2. The number of ether oxygens (including phenoxy) is 3. The Balaban J connectivity index is 0.000000384. The summed E-state index contributed by atoms with van der Waals surface area (Å²) in [5.41, 5.74) is 9.01. The number of halogens is 16. The number of methoxy groups -OCH3 is 2. The van der Waals surface area contributed by atoms with Gasteiger partial charge in [0.1, 0.15) is 17.2 Å². The van der Waals surface area contributed by atoms with Crippen molar-refractivity contribution in [2.75, 3.05) is 14.2 Å². The Hall–Kier alpha value is -8.75. The lowest BCUT2D eigenvalue weighted by Crippen LogP contribution is -2.17. The number of hydrogen-bond donors (Lipinski definition) is 0. The van der Waals surface area contributed by atoms with Crippen LogP contribution in [0.5, 0.6) is 17.2 Å². The van der Waals surface area contributed by atoms with Crippen LogP contribution in [-0.4, -0.2) is 20.6 Å². The predicted molar refractivity (Wildman–Crippen MR) is 394 cm³/mol. The molecule has 0 unspecified atom stereocenters. The highest BCUT2D eigenvalue weighted by Crippen LogP contribution is 2.36. The number of nitrogens with zero attached hydrogens (tertiary/aromatic N) is 1. The fourth-order valence-electron chi connectivity index (χ4n) is 8.14. The Labute approximate surface area is 610 Å². The van der Waals surface area contributed by atoms with Crippen molar-refractivity contribution < 1.29 is 62.5 Å². The molecule has 0 radical (unpaired) electrons. The zero-order chi connectivity index (χ0) is 76.2. The molecule has 11 rings (SSSR count). The first-order chi connectivity index (χ1) is 47.2. The molecule has 0 aliphatic rings. The van der Waals surface area contributed by atoms with Crippen molar-refractivity contribution in [3.8, 4) is 23.3 Å². The third kappa shape index (κ3) is 37.0. The molecule has 11 aromatic carbocycles.